The fourth-order valence-electron chi connectivity index (χ4n) is 2.16. The largest absolute Gasteiger partial charge is 0.497 e. The van der Waals surface area contributed by atoms with Gasteiger partial charge in [0, 0.05) is 12.5 Å². The third kappa shape index (κ3) is 4.01. The van der Waals surface area contributed by atoms with Gasteiger partial charge >= 0.3 is 5.97 Å². The van der Waals surface area contributed by atoms with Gasteiger partial charge in [0.15, 0.2) is 6.10 Å². The molecule has 2 rings (SSSR count). The molecular weight excluding hydrogens is 280 g/mol. The quantitative estimate of drug-likeness (QED) is 0.888. The molecule has 0 bridgehead atoms. The molecule has 0 aliphatic heterocycles. The van der Waals surface area contributed by atoms with Gasteiger partial charge < -0.3 is 14.6 Å². The van der Waals surface area contributed by atoms with Gasteiger partial charge in [0.05, 0.1) is 7.11 Å². The van der Waals surface area contributed by atoms with Crippen molar-refractivity contribution in [3.05, 3.63) is 59.2 Å². The van der Waals surface area contributed by atoms with Crippen LogP contribution >= 0.6 is 0 Å². The Morgan fingerprint density at radius 3 is 2.45 bits per heavy atom. The lowest BCUT2D eigenvalue weighted by Crippen LogP contribution is -2.29. The Labute approximate surface area is 130 Å². The average molecular weight is 300 g/mol. The normalized spacial score (nSPS) is 11.8. The summed E-state index contributed by atoms with van der Waals surface area (Å²) in [5.41, 5.74) is 3.27. The zero-order chi connectivity index (χ0) is 16.1. The van der Waals surface area contributed by atoms with Crippen molar-refractivity contribution in [3.8, 4) is 11.5 Å². The smallest absolute Gasteiger partial charge is 0.345 e. The topological polar surface area (TPSA) is 55.8 Å². The predicted molar refractivity (Wildman–Crippen MR) is 84.7 cm³/mol. The second kappa shape index (κ2) is 6.98. The fraction of sp³-hybridized carbons (Fsp3) is 0.278. The van der Waals surface area contributed by atoms with E-state index in [1.807, 2.05) is 32.0 Å². The molecule has 116 valence electrons. The Balaban J connectivity index is 2.15. The van der Waals surface area contributed by atoms with E-state index >= 15 is 0 Å². The Hall–Kier alpha value is -2.49. The van der Waals surface area contributed by atoms with Crippen molar-refractivity contribution in [1.29, 1.82) is 0 Å². The van der Waals surface area contributed by atoms with E-state index in [1.165, 1.54) is 5.56 Å². The van der Waals surface area contributed by atoms with E-state index in [0.717, 1.165) is 11.1 Å². The van der Waals surface area contributed by atoms with Crippen LogP contribution in [0, 0.1) is 13.8 Å². The van der Waals surface area contributed by atoms with Crippen LogP contribution < -0.4 is 9.47 Å². The molecule has 0 aromatic heterocycles. The summed E-state index contributed by atoms with van der Waals surface area (Å²) in [5, 5.41) is 9.39. The highest BCUT2D eigenvalue weighted by Crippen LogP contribution is 2.21. The van der Waals surface area contributed by atoms with E-state index in [2.05, 4.69) is 0 Å². The summed E-state index contributed by atoms with van der Waals surface area (Å²) in [4.78, 5) is 11.5. The standard InChI is InChI=1S/C18H20O4/c1-12-7-8-14(9-13(12)2)10-17(18(19)20)22-16-6-4-5-15(11-16)21-3/h4-9,11,17H,10H2,1-3H3,(H,19,20). The number of carbonyl (C=O) groups is 1. The van der Waals surface area contributed by atoms with Crippen LogP contribution in [0.25, 0.3) is 0 Å². The molecule has 0 saturated carbocycles. The number of hydrogen-bond acceptors (Lipinski definition) is 3. The molecule has 2 aromatic rings. The molecule has 1 unspecified atom stereocenters. The first-order chi connectivity index (χ1) is 10.5. The molecule has 0 amide bonds. The number of aliphatic carboxylic acids is 1. The third-order valence-electron chi connectivity index (χ3n) is 3.59. The van der Waals surface area contributed by atoms with E-state index in [4.69, 9.17) is 9.47 Å². The summed E-state index contributed by atoms with van der Waals surface area (Å²) < 4.78 is 10.7. The summed E-state index contributed by atoms with van der Waals surface area (Å²) in [6.45, 7) is 4.04. The number of rotatable bonds is 6. The second-order valence-electron chi connectivity index (χ2n) is 5.25. The van der Waals surface area contributed by atoms with Crippen molar-refractivity contribution < 1.29 is 19.4 Å². The lowest BCUT2D eigenvalue weighted by atomic mass is 10.0. The van der Waals surface area contributed by atoms with Gasteiger partial charge in [-0.1, -0.05) is 24.3 Å². The van der Waals surface area contributed by atoms with Crippen molar-refractivity contribution in [2.75, 3.05) is 7.11 Å². The monoisotopic (exact) mass is 300 g/mol. The molecule has 0 fully saturated rings. The number of hydrogen-bond donors (Lipinski definition) is 1. The minimum absolute atomic E-state index is 0.313. The van der Waals surface area contributed by atoms with Crippen LogP contribution in [0.5, 0.6) is 11.5 Å². The highest BCUT2D eigenvalue weighted by Gasteiger charge is 2.20. The summed E-state index contributed by atoms with van der Waals surface area (Å²) in [5.74, 6) is 0.129. The molecule has 2 aromatic carbocycles. The van der Waals surface area contributed by atoms with Gasteiger partial charge in [0.1, 0.15) is 11.5 Å². The number of benzene rings is 2. The van der Waals surface area contributed by atoms with E-state index < -0.39 is 12.1 Å². The van der Waals surface area contributed by atoms with Crippen LogP contribution in [0.4, 0.5) is 0 Å². The molecule has 4 nitrogen and oxygen atoms in total. The minimum atomic E-state index is -0.985. The Bertz CT molecular complexity index is 664. The fourth-order valence-corrected chi connectivity index (χ4v) is 2.16. The number of ether oxygens (including phenoxy) is 2. The third-order valence-corrected chi connectivity index (χ3v) is 3.59. The molecule has 0 radical (unpaired) electrons. The average Bonchev–Trinajstić information content (AvgIpc) is 2.50. The first-order valence-corrected chi connectivity index (χ1v) is 7.09. The van der Waals surface area contributed by atoms with Crippen LogP contribution in [0.3, 0.4) is 0 Å². The van der Waals surface area contributed by atoms with Crippen LogP contribution in [0.2, 0.25) is 0 Å². The van der Waals surface area contributed by atoms with Crippen LogP contribution in [0.15, 0.2) is 42.5 Å². The number of methoxy groups -OCH3 is 1. The van der Waals surface area contributed by atoms with Crippen molar-refractivity contribution in [2.45, 2.75) is 26.4 Å². The van der Waals surface area contributed by atoms with E-state index in [9.17, 15) is 9.90 Å². The lowest BCUT2D eigenvalue weighted by Gasteiger charge is -2.16. The predicted octanol–water partition coefficient (Wildman–Crippen LogP) is 3.39. The highest BCUT2D eigenvalue weighted by molar-refractivity contribution is 5.73. The van der Waals surface area contributed by atoms with Crippen LogP contribution in [-0.4, -0.2) is 24.3 Å². The molecule has 0 heterocycles. The molecule has 0 aliphatic carbocycles. The van der Waals surface area contributed by atoms with E-state index in [0.29, 0.717) is 17.9 Å². The number of aryl methyl sites for hydroxylation is 2. The molecule has 4 heteroatoms. The van der Waals surface area contributed by atoms with Crippen LogP contribution in [-0.2, 0) is 11.2 Å². The first kappa shape index (κ1) is 15.9. The second-order valence-corrected chi connectivity index (χ2v) is 5.25. The summed E-state index contributed by atoms with van der Waals surface area (Å²) >= 11 is 0. The molecule has 0 spiro atoms. The summed E-state index contributed by atoms with van der Waals surface area (Å²) in [6.07, 6.45) is -0.623. The van der Waals surface area contributed by atoms with Gasteiger partial charge in [0.25, 0.3) is 0 Å². The van der Waals surface area contributed by atoms with Crippen molar-refractivity contribution in [3.63, 3.8) is 0 Å². The SMILES string of the molecule is COc1cccc(OC(Cc2ccc(C)c(C)c2)C(=O)O)c1. The summed E-state index contributed by atoms with van der Waals surface area (Å²) in [7, 11) is 1.56. The van der Waals surface area contributed by atoms with E-state index in [-0.39, 0.29) is 0 Å². The highest BCUT2D eigenvalue weighted by atomic mass is 16.5. The maximum Gasteiger partial charge on any atom is 0.345 e. The van der Waals surface area contributed by atoms with Gasteiger partial charge in [-0.2, -0.15) is 0 Å². The maximum atomic E-state index is 11.5. The van der Waals surface area contributed by atoms with Crippen molar-refractivity contribution in [2.24, 2.45) is 0 Å². The van der Waals surface area contributed by atoms with Gasteiger partial charge in [-0.05, 0) is 42.7 Å². The van der Waals surface area contributed by atoms with Gasteiger partial charge in [-0.15, -0.1) is 0 Å². The number of carboxylic acid groups (broad SMARTS) is 1. The molecule has 1 atom stereocenters. The Kier molecular flexibility index (Phi) is 5.04. The maximum absolute atomic E-state index is 11.5. The van der Waals surface area contributed by atoms with Gasteiger partial charge in [-0.3, -0.25) is 0 Å². The zero-order valence-electron chi connectivity index (χ0n) is 13.0. The molecule has 0 aliphatic rings. The van der Waals surface area contributed by atoms with E-state index in [1.54, 1.807) is 31.4 Å². The number of carboxylic acids is 1. The van der Waals surface area contributed by atoms with Gasteiger partial charge in [-0.25, -0.2) is 4.79 Å². The Morgan fingerprint density at radius 1 is 1.09 bits per heavy atom. The first-order valence-electron chi connectivity index (χ1n) is 7.09. The molecular formula is C18H20O4. The Morgan fingerprint density at radius 2 is 1.82 bits per heavy atom. The minimum Gasteiger partial charge on any atom is -0.497 e. The molecule has 1 N–H and O–H groups in total. The zero-order valence-corrected chi connectivity index (χ0v) is 13.0. The van der Waals surface area contributed by atoms with Gasteiger partial charge in [0.2, 0.25) is 0 Å². The molecule has 22 heavy (non-hydrogen) atoms. The lowest BCUT2D eigenvalue weighted by molar-refractivity contribution is -0.145. The summed E-state index contributed by atoms with van der Waals surface area (Å²) in [6, 6.07) is 12.9. The van der Waals surface area contributed by atoms with Crippen LogP contribution in [0.1, 0.15) is 16.7 Å². The molecule has 0 saturated heterocycles. The van der Waals surface area contributed by atoms with Crippen molar-refractivity contribution >= 4 is 5.97 Å². The van der Waals surface area contributed by atoms with Crippen molar-refractivity contribution in [1.82, 2.24) is 0 Å².